The standard InChI is InChI=1S/C14H13NO3/c1-2-17-14(16)9-6-12-4-7-13(8-5-12)18-11-3-10-15/h4-5,7-8H,2-3,11H2,1H3. The van der Waals surface area contributed by atoms with Crippen LogP contribution in [-0.2, 0) is 9.53 Å². The van der Waals surface area contributed by atoms with Crippen LogP contribution in [0.15, 0.2) is 24.3 Å². The summed E-state index contributed by atoms with van der Waals surface area (Å²) in [6.07, 6.45) is 0.352. The van der Waals surface area contributed by atoms with E-state index < -0.39 is 5.97 Å². The van der Waals surface area contributed by atoms with Crippen LogP contribution in [0.4, 0.5) is 0 Å². The van der Waals surface area contributed by atoms with E-state index in [-0.39, 0.29) is 0 Å². The van der Waals surface area contributed by atoms with Crippen molar-refractivity contribution in [2.45, 2.75) is 13.3 Å². The first-order chi connectivity index (χ1) is 8.76. The summed E-state index contributed by atoms with van der Waals surface area (Å²) in [7, 11) is 0. The Bertz CT molecular complexity index is 489. The minimum absolute atomic E-state index is 0.319. The van der Waals surface area contributed by atoms with Crippen LogP contribution in [0.1, 0.15) is 18.9 Å². The highest BCUT2D eigenvalue weighted by atomic mass is 16.5. The predicted octanol–water partition coefficient (Wildman–Crippen LogP) is 1.89. The molecule has 0 radical (unpaired) electrons. The monoisotopic (exact) mass is 243 g/mol. The highest BCUT2D eigenvalue weighted by molar-refractivity contribution is 5.89. The van der Waals surface area contributed by atoms with Crippen LogP contribution in [0, 0.1) is 23.2 Å². The van der Waals surface area contributed by atoms with E-state index in [0.29, 0.717) is 30.9 Å². The Balaban J connectivity index is 2.55. The highest BCUT2D eigenvalue weighted by Crippen LogP contribution is 2.11. The van der Waals surface area contributed by atoms with Crippen molar-refractivity contribution in [1.29, 1.82) is 5.26 Å². The number of carbonyl (C=O) groups is 1. The third kappa shape index (κ3) is 5.05. The van der Waals surface area contributed by atoms with Crippen molar-refractivity contribution in [3.8, 4) is 23.7 Å². The van der Waals surface area contributed by atoms with Gasteiger partial charge in [0.05, 0.1) is 19.1 Å². The lowest BCUT2D eigenvalue weighted by Gasteiger charge is -2.02. The van der Waals surface area contributed by atoms with Gasteiger partial charge >= 0.3 is 5.97 Å². The van der Waals surface area contributed by atoms with Crippen molar-refractivity contribution in [3.63, 3.8) is 0 Å². The third-order valence-electron chi connectivity index (χ3n) is 1.92. The number of esters is 1. The number of nitriles is 1. The van der Waals surface area contributed by atoms with Gasteiger partial charge in [-0.15, -0.1) is 0 Å². The van der Waals surface area contributed by atoms with E-state index in [9.17, 15) is 4.79 Å². The Hall–Kier alpha value is -2.46. The molecule has 0 saturated carbocycles. The largest absolute Gasteiger partial charge is 0.493 e. The Morgan fingerprint density at radius 3 is 2.67 bits per heavy atom. The van der Waals surface area contributed by atoms with Crippen molar-refractivity contribution in [2.75, 3.05) is 13.2 Å². The van der Waals surface area contributed by atoms with E-state index in [0.717, 1.165) is 0 Å². The normalized spacial score (nSPS) is 8.67. The van der Waals surface area contributed by atoms with Gasteiger partial charge in [-0.25, -0.2) is 4.79 Å². The summed E-state index contributed by atoms with van der Waals surface area (Å²) < 4.78 is 9.99. The van der Waals surface area contributed by atoms with Crippen molar-refractivity contribution >= 4 is 5.97 Å². The van der Waals surface area contributed by atoms with Gasteiger partial charge in [0.2, 0.25) is 0 Å². The zero-order chi connectivity index (χ0) is 13.2. The van der Waals surface area contributed by atoms with Gasteiger partial charge in [-0.05, 0) is 31.2 Å². The molecule has 0 aliphatic carbocycles. The van der Waals surface area contributed by atoms with Crippen LogP contribution >= 0.6 is 0 Å². The lowest BCUT2D eigenvalue weighted by molar-refractivity contribution is -0.136. The van der Waals surface area contributed by atoms with E-state index in [2.05, 4.69) is 16.6 Å². The summed E-state index contributed by atoms with van der Waals surface area (Å²) in [5.74, 6) is 5.21. The maximum Gasteiger partial charge on any atom is 0.384 e. The number of ether oxygens (including phenoxy) is 2. The third-order valence-corrected chi connectivity index (χ3v) is 1.92. The highest BCUT2D eigenvalue weighted by Gasteiger charge is 1.95. The number of benzene rings is 1. The molecule has 0 aliphatic rings. The SMILES string of the molecule is CCOC(=O)C#Cc1ccc(OCCC#N)cc1. The molecule has 1 aromatic carbocycles. The minimum atomic E-state index is -0.535. The van der Waals surface area contributed by atoms with Crippen LogP contribution in [0.5, 0.6) is 5.75 Å². The summed E-state index contributed by atoms with van der Waals surface area (Å²) >= 11 is 0. The number of rotatable bonds is 4. The molecule has 4 nitrogen and oxygen atoms in total. The molecule has 0 spiro atoms. The van der Waals surface area contributed by atoms with E-state index in [1.807, 2.05) is 6.07 Å². The van der Waals surface area contributed by atoms with Gasteiger partial charge in [-0.2, -0.15) is 5.26 Å². The first-order valence-electron chi connectivity index (χ1n) is 5.55. The fourth-order valence-electron chi connectivity index (χ4n) is 1.14. The van der Waals surface area contributed by atoms with Gasteiger partial charge in [0.1, 0.15) is 12.4 Å². The topological polar surface area (TPSA) is 59.3 Å². The Morgan fingerprint density at radius 2 is 2.06 bits per heavy atom. The molecule has 18 heavy (non-hydrogen) atoms. The van der Waals surface area contributed by atoms with Crippen LogP contribution in [0.25, 0.3) is 0 Å². The average molecular weight is 243 g/mol. The fraction of sp³-hybridized carbons (Fsp3) is 0.286. The summed E-state index contributed by atoms with van der Waals surface area (Å²) in [4.78, 5) is 11.0. The van der Waals surface area contributed by atoms with Gasteiger partial charge < -0.3 is 9.47 Å². The van der Waals surface area contributed by atoms with Gasteiger partial charge in [0, 0.05) is 11.5 Å². The molecular formula is C14H13NO3. The molecule has 1 rings (SSSR count). The van der Waals surface area contributed by atoms with Crippen molar-refractivity contribution in [3.05, 3.63) is 29.8 Å². The Kier molecular flexibility index (Phi) is 5.86. The second-order valence-corrected chi connectivity index (χ2v) is 3.25. The van der Waals surface area contributed by atoms with Gasteiger partial charge in [-0.1, -0.05) is 5.92 Å². The number of nitrogens with zero attached hydrogens (tertiary/aromatic N) is 1. The number of hydrogen-bond donors (Lipinski definition) is 0. The molecule has 0 aliphatic heterocycles. The smallest absolute Gasteiger partial charge is 0.384 e. The lowest BCUT2D eigenvalue weighted by atomic mass is 10.2. The van der Waals surface area contributed by atoms with Crippen molar-refractivity contribution in [2.24, 2.45) is 0 Å². The molecular weight excluding hydrogens is 230 g/mol. The van der Waals surface area contributed by atoms with E-state index in [4.69, 9.17) is 10.00 Å². The summed E-state index contributed by atoms with van der Waals surface area (Å²) in [6, 6.07) is 8.97. The van der Waals surface area contributed by atoms with Crippen LogP contribution < -0.4 is 4.74 Å². The molecule has 0 aromatic heterocycles. The van der Waals surface area contributed by atoms with Gasteiger partial charge in [-0.3, -0.25) is 0 Å². The molecule has 0 N–H and O–H groups in total. The molecule has 92 valence electrons. The summed E-state index contributed by atoms with van der Waals surface area (Å²) in [5, 5.41) is 8.36. The van der Waals surface area contributed by atoms with Crippen molar-refractivity contribution < 1.29 is 14.3 Å². The average Bonchev–Trinajstić information content (AvgIpc) is 2.38. The molecule has 0 amide bonds. The quantitative estimate of drug-likeness (QED) is 0.460. The lowest BCUT2D eigenvalue weighted by Crippen LogP contribution is -1.99. The maximum absolute atomic E-state index is 11.0. The Labute approximate surface area is 106 Å². The second-order valence-electron chi connectivity index (χ2n) is 3.25. The second kappa shape index (κ2) is 7.76. The number of hydrogen-bond acceptors (Lipinski definition) is 4. The Morgan fingerprint density at radius 1 is 1.33 bits per heavy atom. The predicted molar refractivity (Wildman–Crippen MR) is 65.7 cm³/mol. The van der Waals surface area contributed by atoms with Crippen LogP contribution in [0.3, 0.4) is 0 Å². The maximum atomic E-state index is 11.0. The summed E-state index contributed by atoms with van der Waals surface area (Å²) in [5.41, 5.74) is 0.704. The van der Waals surface area contributed by atoms with E-state index in [1.165, 1.54) is 0 Å². The molecule has 0 saturated heterocycles. The van der Waals surface area contributed by atoms with Gasteiger partial charge in [0.25, 0.3) is 0 Å². The van der Waals surface area contributed by atoms with E-state index in [1.54, 1.807) is 31.2 Å². The van der Waals surface area contributed by atoms with Crippen LogP contribution in [0.2, 0.25) is 0 Å². The first kappa shape index (κ1) is 13.6. The van der Waals surface area contributed by atoms with Crippen LogP contribution in [-0.4, -0.2) is 19.2 Å². The molecule has 0 fully saturated rings. The van der Waals surface area contributed by atoms with Gasteiger partial charge in [0.15, 0.2) is 0 Å². The molecule has 0 unspecified atom stereocenters. The fourth-order valence-corrected chi connectivity index (χ4v) is 1.14. The molecule has 4 heteroatoms. The first-order valence-corrected chi connectivity index (χ1v) is 5.55. The molecule has 0 atom stereocenters. The molecule has 1 aromatic rings. The minimum Gasteiger partial charge on any atom is -0.493 e. The van der Waals surface area contributed by atoms with Crippen molar-refractivity contribution in [1.82, 2.24) is 0 Å². The molecule has 0 bridgehead atoms. The zero-order valence-corrected chi connectivity index (χ0v) is 10.1. The summed E-state index contributed by atoms with van der Waals surface area (Å²) in [6.45, 7) is 2.41. The number of carbonyl (C=O) groups excluding carboxylic acids is 1. The zero-order valence-electron chi connectivity index (χ0n) is 10.1. The molecule has 0 heterocycles. The van der Waals surface area contributed by atoms with E-state index >= 15 is 0 Å².